The Morgan fingerprint density at radius 1 is 1.11 bits per heavy atom. The maximum Gasteiger partial charge on any atom is 0.286 e. The van der Waals surface area contributed by atoms with E-state index in [1.807, 2.05) is 19.1 Å². The van der Waals surface area contributed by atoms with Crippen LogP contribution in [0.1, 0.15) is 16.4 Å². The Bertz CT molecular complexity index is 1260. The fourth-order valence-electron chi connectivity index (χ4n) is 2.82. The minimum atomic E-state index is -3.94. The molecule has 0 aliphatic heterocycles. The molecule has 0 aliphatic rings. The predicted molar refractivity (Wildman–Crippen MR) is 110 cm³/mol. The van der Waals surface area contributed by atoms with Gasteiger partial charge in [-0.05, 0) is 49.2 Å². The number of hydrogen-bond donors (Lipinski definition) is 1. The zero-order chi connectivity index (χ0) is 19.9. The average Bonchev–Trinajstić information content (AvgIpc) is 3.22. The zero-order valence-electron chi connectivity index (χ0n) is 14.8. The van der Waals surface area contributed by atoms with Crippen molar-refractivity contribution >= 4 is 49.1 Å². The fourth-order valence-corrected chi connectivity index (χ4v) is 5.09. The van der Waals surface area contributed by atoms with E-state index in [9.17, 15) is 8.42 Å². The molecule has 144 valence electrons. The van der Waals surface area contributed by atoms with Gasteiger partial charge in [0.05, 0.1) is 20.1 Å². The second-order valence-electron chi connectivity index (χ2n) is 6.22. The summed E-state index contributed by atoms with van der Waals surface area (Å²) in [6.45, 7) is 1.88. The molecule has 0 spiro atoms. The molecular weight excluding hydrogens is 418 g/mol. The van der Waals surface area contributed by atoms with Gasteiger partial charge in [-0.3, -0.25) is 0 Å². The van der Waals surface area contributed by atoms with Gasteiger partial charge >= 0.3 is 0 Å². The number of anilines is 1. The van der Waals surface area contributed by atoms with Crippen LogP contribution in [0.3, 0.4) is 0 Å². The summed E-state index contributed by atoms with van der Waals surface area (Å²) in [6.07, 6.45) is 1.11. The summed E-state index contributed by atoms with van der Waals surface area (Å²) in [7, 11) is -3.94. The Balaban J connectivity index is 1.61. The molecule has 2 heterocycles. The maximum atomic E-state index is 13.0. The highest BCUT2D eigenvalue weighted by atomic mass is 35.5. The molecule has 4 aromatic rings. The Hall–Kier alpha value is -2.49. The lowest BCUT2D eigenvalue weighted by molar-refractivity contribution is 0.580. The van der Waals surface area contributed by atoms with Crippen molar-refractivity contribution < 1.29 is 8.42 Å². The first-order valence-corrected chi connectivity index (χ1v) is 11.0. The molecule has 7 nitrogen and oxygen atoms in total. The van der Waals surface area contributed by atoms with Gasteiger partial charge in [-0.2, -0.15) is 13.4 Å². The molecule has 0 aliphatic carbocycles. The van der Waals surface area contributed by atoms with Crippen molar-refractivity contribution in [1.29, 1.82) is 0 Å². The number of halogens is 1. The van der Waals surface area contributed by atoms with Crippen molar-refractivity contribution in [2.75, 3.05) is 5.73 Å². The molecule has 0 amide bonds. The van der Waals surface area contributed by atoms with E-state index in [0.29, 0.717) is 23.7 Å². The summed E-state index contributed by atoms with van der Waals surface area (Å²) >= 11 is 7.32. The number of aromatic nitrogens is 4. The van der Waals surface area contributed by atoms with Crippen LogP contribution in [-0.4, -0.2) is 27.6 Å². The van der Waals surface area contributed by atoms with Crippen molar-refractivity contribution in [3.8, 4) is 0 Å². The van der Waals surface area contributed by atoms with Gasteiger partial charge < -0.3 is 5.73 Å². The van der Waals surface area contributed by atoms with Gasteiger partial charge in [0.2, 0.25) is 5.95 Å². The van der Waals surface area contributed by atoms with E-state index >= 15 is 0 Å². The van der Waals surface area contributed by atoms with Gasteiger partial charge in [-0.25, -0.2) is 4.98 Å². The third kappa shape index (κ3) is 3.60. The molecular formula is C18H16ClN5O2S2. The second kappa shape index (κ2) is 7.16. The lowest BCUT2D eigenvalue weighted by Gasteiger charge is -2.05. The molecule has 0 atom stereocenters. The molecule has 0 bridgehead atoms. The van der Waals surface area contributed by atoms with Crippen molar-refractivity contribution in [2.45, 2.75) is 24.7 Å². The SMILES string of the molecule is Cc1nc2ccc(S(=O)(=O)n3nc(CCc4ccc(Cl)cc4)nc3N)cc2s1. The summed E-state index contributed by atoms with van der Waals surface area (Å²) in [5.41, 5.74) is 7.66. The predicted octanol–water partition coefficient (Wildman–Crippen LogP) is 3.45. The van der Waals surface area contributed by atoms with Crippen LogP contribution in [0.2, 0.25) is 5.02 Å². The Morgan fingerprint density at radius 3 is 2.61 bits per heavy atom. The lowest BCUT2D eigenvalue weighted by atomic mass is 10.1. The van der Waals surface area contributed by atoms with Crippen LogP contribution < -0.4 is 5.73 Å². The first-order valence-electron chi connectivity index (χ1n) is 8.41. The number of nitrogen functional groups attached to an aromatic ring is 1. The van der Waals surface area contributed by atoms with E-state index in [1.165, 1.54) is 17.4 Å². The third-order valence-electron chi connectivity index (χ3n) is 4.19. The zero-order valence-corrected chi connectivity index (χ0v) is 17.2. The first-order chi connectivity index (χ1) is 13.3. The lowest BCUT2D eigenvalue weighted by Crippen LogP contribution is -2.17. The Morgan fingerprint density at radius 2 is 1.86 bits per heavy atom. The van der Waals surface area contributed by atoms with Crippen molar-refractivity contribution in [1.82, 2.24) is 19.2 Å². The number of nitrogens with two attached hydrogens (primary N) is 1. The first kappa shape index (κ1) is 18.9. The number of rotatable bonds is 5. The van der Waals surface area contributed by atoms with Gasteiger partial charge in [-0.1, -0.05) is 23.7 Å². The normalized spacial score (nSPS) is 11.9. The largest absolute Gasteiger partial charge is 0.367 e. The number of fused-ring (bicyclic) bond motifs is 1. The molecule has 0 fully saturated rings. The number of benzene rings is 2. The van der Waals surface area contributed by atoms with Gasteiger partial charge in [0.25, 0.3) is 10.0 Å². The molecule has 0 saturated heterocycles. The van der Waals surface area contributed by atoms with Crippen LogP contribution in [0.15, 0.2) is 47.4 Å². The number of nitrogens with zero attached hydrogens (tertiary/aromatic N) is 4. The molecule has 2 aromatic heterocycles. The summed E-state index contributed by atoms with van der Waals surface area (Å²) < 4.78 is 27.5. The van der Waals surface area contributed by atoms with E-state index in [4.69, 9.17) is 17.3 Å². The van der Waals surface area contributed by atoms with E-state index in [1.54, 1.807) is 24.3 Å². The standard InChI is InChI=1S/C18H16ClN5O2S2/c1-11-21-15-8-7-14(10-16(15)27-11)28(25,26)24-18(20)22-17(23-24)9-4-12-2-5-13(19)6-3-12/h2-3,5-8,10H,4,9H2,1H3,(H2,20,22,23). The number of hydrogen-bond acceptors (Lipinski definition) is 7. The number of aryl methyl sites for hydroxylation is 3. The Kier molecular flexibility index (Phi) is 4.82. The topological polar surface area (TPSA) is 104 Å². The van der Waals surface area contributed by atoms with Crippen LogP contribution in [-0.2, 0) is 22.9 Å². The highest BCUT2D eigenvalue weighted by Gasteiger charge is 2.23. The van der Waals surface area contributed by atoms with Crippen LogP contribution >= 0.6 is 22.9 Å². The third-order valence-corrected chi connectivity index (χ3v) is 6.95. The minimum absolute atomic E-state index is 0.101. The molecule has 0 unspecified atom stereocenters. The molecule has 2 N–H and O–H groups in total. The fraction of sp³-hybridized carbons (Fsp3) is 0.167. The van der Waals surface area contributed by atoms with Crippen molar-refractivity contribution in [2.24, 2.45) is 0 Å². The number of thiazole rings is 1. The van der Waals surface area contributed by atoms with Gasteiger partial charge in [0, 0.05) is 11.4 Å². The van der Waals surface area contributed by atoms with Crippen molar-refractivity contribution in [3.05, 3.63) is 63.9 Å². The van der Waals surface area contributed by atoms with E-state index < -0.39 is 10.0 Å². The average molecular weight is 434 g/mol. The maximum absolute atomic E-state index is 13.0. The summed E-state index contributed by atoms with van der Waals surface area (Å²) in [5, 5.41) is 5.66. The van der Waals surface area contributed by atoms with Crippen LogP contribution in [0.25, 0.3) is 10.2 Å². The second-order valence-corrected chi connectivity index (χ2v) is 9.66. The quantitative estimate of drug-likeness (QED) is 0.517. The minimum Gasteiger partial charge on any atom is -0.367 e. The molecule has 28 heavy (non-hydrogen) atoms. The molecule has 10 heteroatoms. The van der Waals surface area contributed by atoms with E-state index in [-0.39, 0.29) is 10.8 Å². The van der Waals surface area contributed by atoms with Crippen LogP contribution in [0.5, 0.6) is 0 Å². The van der Waals surface area contributed by atoms with E-state index in [0.717, 1.165) is 24.9 Å². The molecule has 0 radical (unpaired) electrons. The van der Waals surface area contributed by atoms with Gasteiger partial charge in [-0.15, -0.1) is 20.5 Å². The summed E-state index contributed by atoms with van der Waals surface area (Å²) in [4.78, 5) is 8.56. The van der Waals surface area contributed by atoms with Crippen molar-refractivity contribution in [3.63, 3.8) is 0 Å². The summed E-state index contributed by atoms with van der Waals surface area (Å²) in [5.74, 6) is 0.206. The van der Waals surface area contributed by atoms with E-state index in [2.05, 4.69) is 15.1 Å². The molecule has 2 aromatic carbocycles. The van der Waals surface area contributed by atoms with Crippen LogP contribution in [0, 0.1) is 6.92 Å². The molecule has 0 saturated carbocycles. The Labute approximate surface area is 170 Å². The smallest absolute Gasteiger partial charge is 0.286 e. The highest BCUT2D eigenvalue weighted by Crippen LogP contribution is 2.26. The molecule has 4 rings (SSSR count). The monoisotopic (exact) mass is 433 g/mol. The summed E-state index contributed by atoms with van der Waals surface area (Å²) in [6, 6.07) is 12.2. The van der Waals surface area contributed by atoms with Gasteiger partial charge in [0.15, 0.2) is 5.82 Å². The highest BCUT2D eigenvalue weighted by molar-refractivity contribution is 7.90. The van der Waals surface area contributed by atoms with Crippen LogP contribution in [0.4, 0.5) is 5.95 Å². The van der Waals surface area contributed by atoms with Gasteiger partial charge in [0.1, 0.15) is 0 Å².